The second kappa shape index (κ2) is 5.33. The molecule has 0 amide bonds. The normalized spacial score (nSPS) is 12.5. The van der Waals surface area contributed by atoms with Crippen molar-refractivity contribution in [2.75, 3.05) is 0 Å². The third kappa shape index (κ3) is 2.70. The number of alkyl halides is 1. The van der Waals surface area contributed by atoms with E-state index in [1.54, 1.807) is 24.3 Å². The van der Waals surface area contributed by atoms with Crippen LogP contribution < -0.4 is 0 Å². The first-order valence-electron chi connectivity index (χ1n) is 5.03. The predicted molar refractivity (Wildman–Crippen MR) is 68.2 cm³/mol. The third-order valence-corrected chi connectivity index (χ3v) is 3.43. The van der Waals surface area contributed by atoms with Gasteiger partial charge in [-0.1, -0.05) is 28.1 Å². The number of halogens is 5. The Bertz CT molecular complexity index is 586. The first kappa shape index (κ1) is 13.4. The highest BCUT2D eigenvalue weighted by molar-refractivity contribution is 9.10. The van der Waals surface area contributed by atoms with E-state index < -0.39 is 22.8 Å². The van der Waals surface area contributed by atoms with E-state index in [1.165, 1.54) is 0 Å². The van der Waals surface area contributed by atoms with Gasteiger partial charge in [0.05, 0.1) is 5.38 Å². The van der Waals surface area contributed by atoms with Crippen molar-refractivity contribution in [1.82, 2.24) is 0 Å². The van der Waals surface area contributed by atoms with E-state index in [2.05, 4.69) is 15.9 Å². The molecule has 94 valence electrons. The van der Waals surface area contributed by atoms with E-state index in [4.69, 9.17) is 11.6 Å². The van der Waals surface area contributed by atoms with Crippen LogP contribution in [0.5, 0.6) is 0 Å². The van der Waals surface area contributed by atoms with Gasteiger partial charge in [0.2, 0.25) is 0 Å². The molecule has 5 heteroatoms. The first-order chi connectivity index (χ1) is 8.49. The molecular weight excluding hydrogens is 328 g/mol. The van der Waals surface area contributed by atoms with E-state index >= 15 is 0 Å². The minimum Gasteiger partial charge on any atom is -0.207 e. The van der Waals surface area contributed by atoms with Crippen LogP contribution in [0.1, 0.15) is 16.5 Å². The van der Waals surface area contributed by atoms with Crippen LogP contribution in [0.25, 0.3) is 0 Å². The van der Waals surface area contributed by atoms with Crippen molar-refractivity contribution in [3.63, 3.8) is 0 Å². The van der Waals surface area contributed by atoms with Crippen LogP contribution in [0.2, 0.25) is 0 Å². The van der Waals surface area contributed by atoms with Crippen LogP contribution in [-0.4, -0.2) is 0 Å². The van der Waals surface area contributed by atoms with E-state index in [0.29, 0.717) is 11.6 Å². The van der Waals surface area contributed by atoms with Gasteiger partial charge >= 0.3 is 0 Å². The monoisotopic (exact) mass is 334 g/mol. The lowest BCUT2D eigenvalue weighted by atomic mass is 10.0. The maximum absolute atomic E-state index is 13.6. The summed E-state index contributed by atoms with van der Waals surface area (Å²) in [7, 11) is 0. The van der Waals surface area contributed by atoms with Gasteiger partial charge in [0.1, 0.15) is 5.82 Å². The van der Waals surface area contributed by atoms with Crippen molar-refractivity contribution in [2.45, 2.75) is 5.38 Å². The van der Waals surface area contributed by atoms with Crippen LogP contribution >= 0.6 is 27.5 Å². The molecule has 0 N–H and O–H groups in total. The second-order valence-electron chi connectivity index (χ2n) is 3.71. The average molecular weight is 336 g/mol. The van der Waals surface area contributed by atoms with Crippen LogP contribution in [0.3, 0.4) is 0 Å². The molecule has 0 aliphatic rings. The Morgan fingerprint density at radius 3 is 2.28 bits per heavy atom. The quantitative estimate of drug-likeness (QED) is 0.523. The van der Waals surface area contributed by atoms with E-state index in [9.17, 15) is 13.2 Å². The molecule has 0 radical (unpaired) electrons. The van der Waals surface area contributed by atoms with Crippen LogP contribution in [0.15, 0.2) is 40.9 Å². The Hall–Kier alpha value is -1.00. The van der Waals surface area contributed by atoms with E-state index in [0.717, 1.165) is 10.5 Å². The number of rotatable bonds is 2. The lowest BCUT2D eigenvalue weighted by Crippen LogP contribution is -2.00. The molecule has 1 atom stereocenters. The zero-order chi connectivity index (χ0) is 13.3. The molecule has 0 aromatic heterocycles. The van der Waals surface area contributed by atoms with Crippen LogP contribution in [0.4, 0.5) is 13.2 Å². The highest BCUT2D eigenvalue weighted by Crippen LogP contribution is 2.32. The van der Waals surface area contributed by atoms with E-state index in [1.807, 2.05) is 0 Å². The van der Waals surface area contributed by atoms with Gasteiger partial charge < -0.3 is 0 Å². The fourth-order valence-electron chi connectivity index (χ4n) is 1.58. The SMILES string of the molecule is Fc1cc(F)c(C(Cl)c2cccc(Br)c2)cc1F. The number of hydrogen-bond donors (Lipinski definition) is 0. The molecule has 0 aliphatic carbocycles. The lowest BCUT2D eigenvalue weighted by Gasteiger charge is -2.12. The van der Waals surface area contributed by atoms with Gasteiger partial charge in [0, 0.05) is 16.1 Å². The molecule has 0 spiro atoms. The van der Waals surface area contributed by atoms with Gasteiger partial charge in [-0.3, -0.25) is 0 Å². The average Bonchev–Trinajstić information content (AvgIpc) is 2.33. The summed E-state index contributed by atoms with van der Waals surface area (Å²) < 4.78 is 40.3. The van der Waals surface area contributed by atoms with Crippen LogP contribution in [-0.2, 0) is 0 Å². The Labute approximate surface area is 116 Å². The first-order valence-corrected chi connectivity index (χ1v) is 6.26. The topological polar surface area (TPSA) is 0 Å². The molecule has 18 heavy (non-hydrogen) atoms. The molecule has 2 aromatic carbocycles. The molecule has 2 rings (SSSR count). The van der Waals surface area contributed by atoms with Crippen molar-refractivity contribution in [3.8, 4) is 0 Å². The molecule has 0 bridgehead atoms. The largest absolute Gasteiger partial charge is 0.207 e. The second-order valence-corrected chi connectivity index (χ2v) is 5.06. The fourth-order valence-corrected chi connectivity index (χ4v) is 2.30. The summed E-state index contributed by atoms with van der Waals surface area (Å²) in [4.78, 5) is 0. The summed E-state index contributed by atoms with van der Waals surface area (Å²) in [5.74, 6) is -3.21. The number of hydrogen-bond acceptors (Lipinski definition) is 0. The van der Waals surface area contributed by atoms with Crippen molar-refractivity contribution in [3.05, 3.63) is 69.4 Å². The highest BCUT2D eigenvalue weighted by atomic mass is 79.9. The molecular formula is C13H7BrClF3. The van der Waals surface area contributed by atoms with Crippen molar-refractivity contribution < 1.29 is 13.2 Å². The summed E-state index contributed by atoms with van der Waals surface area (Å²) in [6.07, 6.45) is 0. The zero-order valence-electron chi connectivity index (χ0n) is 8.93. The van der Waals surface area contributed by atoms with Crippen molar-refractivity contribution in [1.29, 1.82) is 0 Å². The Balaban J connectivity index is 2.46. The highest BCUT2D eigenvalue weighted by Gasteiger charge is 2.18. The summed E-state index contributed by atoms with van der Waals surface area (Å²) in [6.45, 7) is 0. The predicted octanol–water partition coefficient (Wildman–Crippen LogP) is 5.19. The van der Waals surface area contributed by atoms with Gasteiger partial charge in [0.25, 0.3) is 0 Å². The van der Waals surface area contributed by atoms with Gasteiger partial charge in [-0.2, -0.15) is 0 Å². The maximum atomic E-state index is 13.6. The minimum atomic E-state index is -1.23. The van der Waals surface area contributed by atoms with Gasteiger partial charge in [-0.05, 0) is 23.8 Å². The Morgan fingerprint density at radius 1 is 0.944 bits per heavy atom. The maximum Gasteiger partial charge on any atom is 0.161 e. The molecule has 0 saturated carbocycles. The summed E-state index contributed by atoms with van der Waals surface area (Å²) >= 11 is 9.34. The molecule has 1 unspecified atom stereocenters. The fraction of sp³-hybridized carbons (Fsp3) is 0.0769. The third-order valence-electron chi connectivity index (χ3n) is 2.45. The van der Waals surface area contributed by atoms with E-state index in [-0.39, 0.29) is 5.56 Å². The molecule has 0 nitrogen and oxygen atoms in total. The Morgan fingerprint density at radius 2 is 1.61 bits per heavy atom. The summed E-state index contributed by atoms with van der Waals surface area (Å²) in [5.41, 5.74) is 0.504. The van der Waals surface area contributed by atoms with Gasteiger partial charge in [-0.25, -0.2) is 13.2 Å². The molecule has 0 fully saturated rings. The van der Waals surface area contributed by atoms with Gasteiger partial charge in [-0.15, -0.1) is 11.6 Å². The lowest BCUT2D eigenvalue weighted by molar-refractivity contribution is 0.490. The van der Waals surface area contributed by atoms with Crippen molar-refractivity contribution >= 4 is 27.5 Å². The zero-order valence-corrected chi connectivity index (χ0v) is 11.3. The van der Waals surface area contributed by atoms with Gasteiger partial charge in [0.15, 0.2) is 11.6 Å². The smallest absolute Gasteiger partial charge is 0.161 e. The van der Waals surface area contributed by atoms with Crippen LogP contribution in [0, 0.1) is 17.5 Å². The Kier molecular flexibility index (Phi) is 3.97. The molecule has 0 saturated heterocycles. The molecule has 0 aliphatic heterocycles. The standard InChI is InChI=1S/C13H7BrClF3/c14-8-3-1-2-7(4-8)13(15)9-5-11(17)12(18)6-10(9)16/h1-6,13H. The molecule has 0 heterocycles. The minimum absolute atomic E-state index is 0.0892. The van der Waals surface area contributed by atoms with Crippen molar-refractivity contribution in [2.24, 2.45) is 0 Å². The number of benzene rings is 2. The molecule has 2 aromatic rings. The summed E-state index contributed by atoms with van der Waals surface area (Å²) in [5, 5.41) is -0.877. The summed E-state index contributed by atoms with van der Waals surface area (Å²) in [6, 6.07) is 8.17.